The lowest BCUT2D eigenvalue weighted by Crippen LogP contribution is -2.22. The van der Waals surface area contributed by atoms with E-state index in [0.717, 1.165) is 5.56 Å². The van der Waals surface area contributed by atoms with E-state index in [4.69, 9.17) is 18.3 Å². The molecule has 0 fully saturated rings. The fourth-order valence-corrected chi connectivity index (χ4v) is 2.46. The van der Waals surface area contributed by atoms with Crippen LogP contribution in [0.25, 0.3) is 11.3 Å². The summed E-state index contributed by atoms with van der Waals surface area (Å²) in [5.41, 5.74) is 0.773. The number of benzene rings is 1. The van der Waals surface area contributed by atoms with Crippen LogP contribution in [0.2, 0.25) is 0 Å². The number of hydrogen-bond acceptors (Lipinski definition) is 6. The molecule has 7 nitrogen and oxygen atoms in total. The van der Waals surface area contributed by atoms with E-state index in [1.807, 2.05) is 18.2 Å². The number of furan rings is 1. The Morgan fingerprint density at radius 1 is 1.23 bits per heavy atom. The standard InChI is InChI=1S/C19H20N2O5/c1-23-13-5-6-15(16(10-13)24-2)17-12-21-19(26-17)8-7-18(22)20-11-14-4-3-9-25-14/h3-6,9-10,12H,7-8,11H2,1-2H3,(H,20,22). The van der Waals surface area contributed by atoms with Crippen molar-refractivity contribution in [2.75, 3.05) is 14.2 Å². The van der Waals surface area contributed by atoms with Gasteiger partial charge in [-0.3, -0.25) is 4.79 Å². The second kappa shape index (κ2) is 8.24. The van der Waals surface area contributed by atoms with Crippen molar-refractivity contribution in [1.29, 1.82) is 0 Å². The average Bonchev–Trinajstić information content (AvgIpc) is 3.36. The average molecular weight is 356 g/mol. The number of amides is 1. The molecule has 1 aromatic carbocycles. The van der Waals surface area contributed by atoms with Crippen LogP contribution >= 0.6 is 0 Å². The van der Waals surface area contributed by atoms with E-state index >= 15 is 0 Å². The van der Waals surface area contributed by atoms with Crippen molar-refractivity contribution in [3.05, 3.63) is 54.4 Å². The molecule has 0 bridgehead atoms. The van der Waals surface area contributed by atoms with Gasteiger partial charge in [0.25, 0.3) is 0 Å². The molecule has 2 heterocycles. The summed E-state index contributed by atoms with van der Waals surface area (Å²) in [6.07, 6.45) is 3.88. The van der Waals surface area contributed by atoms with Crippen LogP contribution in [0.4, 0.5) is 0 Å². The monoisotopic (exact) mass is 356 g/mol. The molecule has 0 atom stereocenters. The molecule has 26 heavy (non-hydrogen) atoms. The van der Waals surface area contributed by atoms with Crippen LogP contribution in [0.3, 0.4) is 0 Å². The SMILES string of the molecule is COc1ccc(-c2cnc(CCC(=O)NCc3ccco3)o2)c(OC)c1. The minimum absolute atomic E-state index is 0.0943. The van der Waals surface area contributed by atoms with E-state index in [9.17, 15) is 4.79 Å². The number of nitrogens with one attached hydrogen (secondary N) is 1. The predicted octanol–water partition coefficient (Wildman–Crippen LogP) is 3.20. The van der Waals surface area contributed by atoms with Crippen LogP contribution in [0.1, 0.15) is 18.1 Å². The second-order valence-corrected chi connectivity index (χ2v) is 5.54. The van der Waals surface area contributed by atoms with Crippen LogP contribution in [0.15, 0.2) is 51.6 Å². The Hall–Kier alpha value is -3.22. The van der Waals surface area contributed by atoms with Gasteiger partial charge in [-0.2, -0.15) is 0 Å². The van der Waals surface area contributed by atoms with Crippen molar-refractivity contribution in [3.8, 4) is 22.8 Å². The topological polar surface area (TPSA) is 86.7 Å². The van der Waals surface area contributed by atoms with Gasteiger partial charge >= 0.3 is 0 Å². The molecule has 1 N–H and O–H groups in total. The highest BCUT2D eigenvalue weighted by Gasteiger charge is 2.13. The smallest absolute Gasteiger partial charge is 0.220 e. The zero-order valence-corrected chi connectivity index (χ0v) is 14.7. The van der Waals surface area contributed by atoms with Gasteiger partial charge in [-0.1, -0.05) is 0 Å². The van der Waals surface area contributed by atoms with E-state index < -0.39 is 0 Å². The summed E-state index contributed by atoms with van der Waals surface area (Å²) < 4.78 is 21.5. The first-order chi connectivity index (χ1) is 12.7. The zero-order valence-electron chi connectivity index (χ0n) is 14.7. The second-order valence-electron chi connectivity index (χ2n) is 5.54. The Balaban J connectivity index is 1.58. The molecule has 1 amide bonds. The van der Waals surface area contributed by atoms with E-state index in [2.05, 4.69) is 10.3 Å². The maximum absolute atomic E-state index is 11.9. The number of aryl methyl sites for hydroxylation is 1. The molecule has 0 unspecified atom stereocenters. The summed E-state index contributed by atoms with van der Waals surface area (Å²) in [5.74, 6) is 3.01. The van der Waals surface area contributed by atoms with Gasteiger partial charge in [0.15, 0.2) is 11.7 Å². The van der Waals surface area contributed by atoms with Gasteiger partial charge in [0, 0.05) is 18.9 Å². The van der Waals surface area contributed by atoms with Crippen molar-refractivity contribution in [3.63, 3.8) is 0 Å². The highest BCUT2D eigenvalue weighted by atomic mass is 16.5. The number of aromatic nitrogens is 1. The summed E-state index contributed by atoms with van der Waals surface area (Å²) >= 11 is 0. The van der Waals surface area contributed by atoms with Gasteiger partial charge in [-0.25, -0.2) is 4.98 Å². The number of oxazole rings is 1. The van der Waals surface area contributed by atoms with Crippen LogP contribution in [-0.4, -0.2) is 25.1 Å². The molecule has 136 valence electrons. The molecule has 0 aliphatic rings. The number of methoxy groups -OCH3 is 2. The van der Waals surface area contributed by atoms with Crippen LogP contribution < -0.4 is 14.8 Å². The van der Waals surface area contributed by atoms with Gasteiger partial charge in [0.05, 0.1) is 38.8 Å². The summed E-state index contributed by atoms with van der Waals surface area (Å²) in [6, 6.07) is 9.03. The predicted molar refractivity (Wildman–Crippen MR) is 93.9 cm³/mol. The molecule has 0 radical (unpaired) electrons. The van der Waals surface area contributed by atoms with E-state index in [1.165, 1.54) is 0 Å². The van der Waals surface area contributed by atoms with Gasteiger partial charge in [-0.15, -0.1) is 0 Å². The number of ether oxygens (including phenoxy) is 2. The first-order valence-corrected chi connectivity index (χ1v) is 8.16. The van der Waals surface area contributed by atoms with Gasteiger partial charge in [-0.05, 0) is 24.3 Å². The molecule has 0 spiro atoms. The third-order valence-electron chi connectivity index (χ3n) is 3.83. The number of hydrogen-bond donors (Lipinski definition) is 1. The Morgan fingerprint density at radius 3 is 2.85 bits per heavy atom. The quantitative estimate of drug-likeness (QED) is 0.667. The molecule has 2 aromatic heterocycles. The van der Waals surface area contributed by atoms with Gasteiger partial charge < -0.3 is 23.6 Å². The lowest BCUT2D eigenvalue weighted by atomic mass is 10.1. The largest absolute Gasteiger partial charge is 0.497 e. The number of nitrogens with zero attached hydrogens (tertiary/aromatic N) is 1. The Labute approximate surface area is 150 Å². The van der Waals surface area contributed by atoms with Crippen molar-refractivity contribution >= 4 is 5.91 Å². The Bertz CT molecular complexity index is 855. The van der Waals surface area contributed by atoms with Crippen LogP contribution in [0, 0.1) is 0 Å². The van der Waals surface area contributed by atoms with E-state index in [-0.39, 0.29) is 12.3 Å². The summed E-state index contributed by atoms with van der Waals surface area (Å²) in [5, 5.41) is 2.79. The third kappa shape index (κ3) is 4.24. The highest BCUT2D eigenvalue weighted by molar-refractivity contribution is 5.76. The molecule has 3 aromatic rings. The van der Waals surface area contributed by atoms with Crippen LogP contribution in [-0.2, 0) is 17.8 Å². The van der Waals surface area contributed by atoms with Crippen molar-refractivity contribution in [2.45, 2.75) is 19.4 Å². The van der Waals surface area contributed by atoms with Crippen molar-refractivity contribution in [2.24, 2.45) is 0 Å². The number of carbonyl (C=O) groups is 1. The van der Waals surface area contributed by atoms with E-state index in [0.29, 0.717) is 41.9 Å². The van der Waals surface area contributed by atoms with Gasteiger partial charge in [0.1, 0.15) is 17.3 Å². The van der Waals surface area contributed by atoms with Crippen molar-refractivity contribution in [1.82, 2.24) is 10.3 Å². The Kier molecular flexibility index (Phi) is 5.58. The lowest BCUT2D eigenvalue weighted by molar-refractivity contribution is -0.121. The fourth-order valence-electron chi connectivity index (χ4n) is 2.46. The number of carbonyl (C=O) groups excluding carboxylic acids is 1. The summed E-state index contributed by atoms with van der Waals surface area (Å²) in [4.78, 5) is 16.1. The third-order valence-corrected chi connectivity index (χ3v) is 3.83. The molecule has 0 aliphatic carbocycles. The fraction of sp³-hybridized carbons (Fsp3) is 0.263. The Morgan fingerprint density at radius 2 is 2.12 bits per heavy atom. The van der Waals surface area contributed by atoms with Crippen molar-refractivity contribution < 1.29 is 23.1 Å². The molecule has 0 saturated carbocycles. The maximum atomic E-state index is 11.9. The molecule has 7 heteroatoms. The maximum Gasteiger partial charge on any atom is 0.220 e. The van der Waals surface area contributed by atoms with Crippen LogP contribution in [0.5, 0.6) is 11.5 Å². The zero-order chi connectivity index (χ0) is 18.4. The minimum Gasteiger partial charge on any atom is -0.497 e. The van der Waals surface area contributed by atoms with E-state index in [1.54, 1.807) is 38.8 Å². The molecule has 0 saturated heterocycles. The first-order valence-electron chi connectivity index (χ1n) is 8.16. The van der Waals surface area contributed by atoms with Gasteiger partial charge in [0.2, 0.25) is 5.91 Å². The summed E-state index contributed by atoms with van der Waals surface area (Å²) in [6.45, 7) is 0.367. The molecular weight excluding hydrogens is 336 g/mol. The minimum atomic E-state index is -0.0943. The highest BCUT2D eigenvalue weighted by Crippen LogP contribution is 2.33. The number of rotatable bonds is 8. The molecule has 0 aliphatic heterocycles. The normalized spacial score (nSPS) is 10.5. The molecule has 3 rings (SSSR count). The summed E-state index contributed by atoms with van der Waals surface area (Å²) in [7, 11) is 3.18. The molecular formula is C19H20N2O5. The first kappa shape index (κ1) is 17.6. The lowest BCUT2D eigenvalue weighted by Gasteiger charge is -2.08.